The Morgan fingerprint density at radius 3 is 1.36 bits per heavy atom. The average molecular weight is 757 g/mol. The molecule has 0 fully saturated rings. The zero-order chi connectivity index (χ0) is 34.3. The van der Waals surface area contributed by atoms with Crippen molar-refractivity contribution in [2.45, 2.75) is 86.7 Å². The van der Waals surface area contributed by atoms with Crippen LogP contribution in [0.3, 0.4) is 0 Å². The predicted molar refractivity (Wildman–Crippen MR) is 211 cm³/mol. The number of hydrogen-bond donors (Lipinski definition) is 0. The second-order valence-corrected chi connectivity index (χ2v) is 17.7. The van der Waals surface area contributed by atoms with Gasteiger partial charge in [0.2, 0.25) is 0 Å². The molecule has 6 rings (SSSR count). The van der Waals surface area contributed by atoms with Crippen LogP contribution in [-0.2, 0) is 40.1 Å². The normalized spacial score (nSPS) is 10.3. The monoisotopic (exact) mass is 754 g/mol. The van der Waals surface area contributed by atoms with Crippen molar-refractivity contribution >= 4 is 48.1 Å². The van der Waals surface area contributed by atoms with Crippen molar-refractivity contribution in [3.8, 4) is 22.3 Å². The summed E-state index contributed by atoms with van der Waals surface area (Å²) in [6.07, 6.45) is 3.29. The van der Waals surface area contributed by atoms with Gasteiger partial charge in [-0.05, 0) is 55.4 Å². The maximum absolute atomic E-state index is 4.93. The number of rotatable bonds is 7. The van der Waals surface area contributed by atoms with E-state index in [9.17, 15) is 0 Å². The molecule has 0 saturated carbocycles. The number of benzene rings is 4. The van der Waals surface area contributed by atoms with Crippen LogP contribution in [0.1, 0.15) is 68.0 Å². The minimum atomic E-state index is -0.826. The molecule has 0 nitrogen and oxygen atoms in total. The number of hydrogen-bond acceptors (Lipinski definition) is 0. The molecular weight excluding hydrogens is 707 g/mol. The first kappa shape index (κ1) is 39.2. The van der Waals surface area contributed by atoms with Gasteiger partial charge >= 0.3 is 37.9 Å². The van der Waals surface area contributed by atoms with E-state index in [2.05, 4.69) is 152 Å². The van der Waals surface area contributed by atoms with E-state index < -0.39 is 20.8 Å². The number of halogens is 2. The zero-order valence-electron chi connectivity index (χ0n) is 29.5. The Morgan fingerprint density at radius 2 is 0.979 bits per heavy atom. The summed E-state index contributed by atoms with van der Waals surface area (Å²) in [6, 6.07) is 39.1. The summed E-state index contributed by atoms with van der Waals surface area (Å²) in [5.74, 6) is 0. The Kier molecular flexibility index (Phi) is 17.0. The van der Waals surface area contributed by atoms with E-state index in [1.165, 1.54) is 98.8 Å². The van der Waals surface area contributed by atoms with Gasteiger partial charge in [-0.1, -0.05) is 137 Å². The van der Waals surface area contributed by atoms with Crippen LogP contribution in [-0.4, -0.2) is 9.52 Å². The average Bonchev–Trinajstić information content (AvgIpc) is 3.67. The first-order valence-corrected chi connectivity index (χ1v) is 24.7. The van der Waals surface area contributed by atoms with E-state index >= 15 is 0 Å². The Hall–Kier alpha value is -2.22. The van der Waals surface area contributed by atoms with Gasteiger partial charge in [-0.15, -0.1) is 56.9 Å². The summed E-state index contributed by atoms with van der Waals surface area (Å²) in [5.41, 5.74) is 13.6. The molecule has 0 atom stereocenters. The first-order valence-electron chi connectivity index (χ1n) is 16.9. The molecular formula is C43H50Cl2SiZr. The van der Waals surface area contributed by atoms with Gasteiger partial charge in [0.15, 0.2) is 0 Å². The Labute approximate surface area is 306 Å². The van der Waals surface area contributed by atoms with Gasteiger partial charge in [0.05, 0.1) is 0 Å². The van der Waals surface area contributed by atoms with Crippen LogP contribution < -0.4 is 0 Å². The third kappa shape index (κ3) is 11.4. The molecule has 4 heteroatoms. The van der Waals surface area contributed by atoms with Gasteiger partial charge < -0.3 is 0 Å². The van der Waals surface area contributed by atoms with Crippen molar-refractivity contribution in [1.82, 2.24) is 0 Å². The van der Waals surface area contributed by atoms with Gasteiger partial charge in [0.1, 0.15) is 0 Å². The summed E-state index contributed by atoms with van der Waals surface area (Å²) >= 11 is -0.826. The maximum atomic E-state index is 4.93. The molecule has 0 unspecified atom stereocenters. The van der Waals surface area contributed by atoms with Gasteiger partial charge in [0, 0.05) is 9.52 Å². The molecule has 244 valence electrons. The van der Waals surface area contributed by atoms with Crippen LogP contribution in [0.4, 0.5) is 0 Å². The topological polar surface area (TPSA) is 0 Å². The molecule has 0 aliphatic heterocycles. The summed E-state index contributed by atoms with van der Waals surface area (Å²) < 4.78 is 0. The number of aryl methyl sites for hydroxylation is 6. The third-order valence-corrected chi connectivity index (χ3v) is 9.39. The van der Waals surface area contributed by atoms with E-state index in [1.54, 1.807) is 0 Å². The molecule has 0 spiro atoms. The van der Waals surface area contributed by atoms with Crippen LogP contribution in [0.25, 0.3) is 43.8 Å². The fraction of sp³-hybridized carbons (Fsp3) is 0.302. The third-order valence-electron chi connectivity index (χ3n) is 8.39. The van der Waals surface area contributed by atoms with Crippen LogP contribution in [0, 0.1) is 20.8 Å². The van der Waals surface area contributed by atoms with Crippen molar-refractivity contribution in [2.24, 2.45) is 0 Å². The van der Waals surface area contributed by atoms with Crippen molar-refractivity contribution in [3.63, 3.8) is 0 Å². The standard InChI is InChI=1S/C20H21.C19H19.C4H10Si.2ClH.Zr/c1-4-15-6-8-17(9-7-15)19-11-14(3)10-18-12-16(5-2)13-20(18)19;1-4-15-5-7-16(8-6-15)18-11-13(2)9-17-10-14(3)12-19(17)18;1-3-5-4-2;;;/h6-13H,4-5H2,1-3H3;5-12H,4H2,1-3H3;3-4H2,1-2H3;2*1H;/q2*-1;;;;+4/p-2. The van der Waals surface area contributed by atoms with E-state index in [4.69, 9.17) is 17.0 Å². The second kappa shape index (κ2) is 20.3. The van der Waals surface area contributed by atoms with Gasteiger partial charge in [-0.2, -0.15) is 12.1 Å². The SMILES string of the molecule is CC[Si]CC.CCc1ccc(-c2cc(C)cc3[cH-]c(C)cc23)cc1.CCc1ccc(-c2cc(C)cc3[cH-]c(CC)cc23)cc1.[Cl][Zr+2][Cl]. The predicted octanol–water partition coefficient (Wildman–Crippen LogP) is 14.0. The molecule has 0 aromatic heterocycles. The number of fused-ring (bicyclic) bond motifs is 2. The van der Waals surface area contributed by atoms with Gasteiger partial charge in [-0.3, -0.25) is 0 Å². The summed E-state index contributed by atoms with van der Waals surface area (Å²) in [6.45, 7) is 17.6. The molecule has 6 aromatic rings. The summed E-state index contributed by atoms with van der Waals surface area (Å²) in [4.78, 5) is 0. The molecule has 0 bridgehead atoms. The van der Waals surface area contributed by atoms with Crippen LogP contribution >= 0.6 is 17.0 Å². The quantitative estimate of drug-likeness (QED) is 0.112. The second-order valence-electron chi connectivity index (χ2n) is 12.0. The molecule has 6 aromatic carbocycles. The van der Waals surface area contributed by atoms with Crippen molar-refractivity contribution in [2.75, 3.05) is 0 Å². The Balaban J connectivity index is 0.000000209. The zero-order valence-corrected chi connectivity index (χ0v) is 34.5. The molecule has 0 aliphatic rings. The molecule has 47 heavy (non-hydrogen) atoms. The van der Waals surface area contributed by atoms with Crippen LogP contribution in [0.5, 0.6) is 0 Å². The molecule has 2 radical (unpaired) electrons. The van der Waals surface area contributed by atoms with Crippen LogP contribution in [0.2, 0.25) is 12.1 Å². The van der Waals surface area contributed by atoms with Crippen molar-refractivity contribution in [1.29, 1.82) is 0 Å². The molecule has 0 N–H and O–H groups in total. The summed E-state index contributed by atoms with van der Waals surface area (Å²) in [7, 11) is 11.1. The first-order chi connectivity index (χ1) is 22.7. The Morgan fingerprint density at radius 1 is 0.553 bits per heavy atom. The van der Waals surface area contributed by atoms with Crippen molar-refractivity contribution in [3.05, 3.63) is 130 Å². The van der Waals surface area contributed by atoms with E-state index in [0.29, 0.717) is 0 Å². The van der Waals surface area contributed by atoms with Gasteiger partial charge in [0.25, 0.3) is 0 Å². The molecule has 0 aliphatic carbocycles. The van der Waals surface area contributed by atoms with E-state index in [-0.39, 0.29) is 0 Å². The molecule has 0 heterocycles. The Bertz CT molecular complexity index is 1790. The molecule has 0 amide bonds. The van der Waals surface area contributed by atoms with Crippen molar-refractivity contribution < 1.29 is 20.8 Å². The molecule has 0 saturated heterocycles. The van der Waals surface area contributed by atoms with E-state index in [1.807, 2.05) is 0 Å². The summed E-state index contributed by atoms with van der Waals surface area (Å²) in [5, 5.41) is 5.48. The minimum absolute atomic E-state index is 0.826. The van der Waals surface area contributed by atoms with E-state index in [0.717, 1.165) is 19.3 Å². The fourth-order valence-electron chi connectivity index (χ4n) is 5.93. The van der Waals surface area contributed by atoms with Gasteiger partial charge in [-0.25, -0.2) is 0 Å². The fourth-order valence-corrected chi connectivity index (χ4v) is 6.43. The van der Waals surface area contributed by atoms with Crippen LogP contribution in [0.15, 0.2) is 97.1 Å².